The number of aromatic nitrogens is 5. The predicted molar refractivity (Wildman–Crippen MR) is 98.2 cm³/mol. The van der Waals surface area contributed by atoms with Crippen molar-refractivity contribution in [3.63, 3.8) is 0 Å². The van der Waals surface area contributed by atoms with Gasteiger partial charge in [-0.05, 0) is 18.2 Å². The number of anilines is 1. The van der Waals surface area contributed by atoms with Gasteiger partial charge >= 0.3 is 0 Å². The number of pyridine rings is 1. The summed E-state index contributed by atoms with van der Waals surface area (Å²) >= 11 is 2.16. The van der Waals surface area contributed by atoms with Gasteiger partial charge in [-0.15, -0.1) is 5.10 Å². The Hall–Kier alpha value is -1.88. The zero-order chi connectivity index (χ0) is 16.0. The van der Waals surface area contributed by atoms with E-state index in [1.807, 2.05) is 35.5 Å². The van der Waals surface area contributed by atoms with Crippen LogP contribution in [-0.4, -0.2) is 30.6 Å². The lowest BCUT2D eigenvalue weighted by atomic mass is 10.2. The number of hydrogen-bond donors (Lipinski definition) is 1. The van der Waals surface area contributed by atoms with E-state index in [1.54, 1.807) is 4.52 Å². The Kier molecular flexibility index (Phi) is 3.60. The first-order valence-corrected chi connectivity index (χ1v) is 10.0. The quantitative estimate of drug-likeness (QED) is 0.492. The van der Waals surface area contributed by atoms with Crippen molar-refractivity contribution in [2.75, 3.05) is 12.4 Å². The summed E-state index contributed by atoms with van der Waals surface area (Å²) in [5.41, 5.74) is 2.30. The zero-order valence-corrected chi connectivity index (χ0v) is 14.8. The highest BCUT2D eigenvalue weighted by Gasteiger charge is 2.17. The van der Waals surface area contributed by atoms with Gasteiger partial charge in [-0.25, -0.2) is 18.9 Å². The van der Waals surface area contributed by atoms with E-state index in [-0.39, 0.29) is 5.82 Å². The average molecular weight is 440 g/mol. The van der Waals surface area contributed by atoms with Crippen LogP contribution in [0.1, 0.15) is 0 Å². The Bertz CT molecular complexity index is 1030. The SMILES string of the molecule is CNc1nc(-c2cn(SI)c3ncc(F)cc23)nn2cccc12. The molecule has 4 aromatic rings. The van der Waals surface area contributed by atoms with Gasteiger partial charge in [0, 0.05) is 60.7 Å². The number of rotatable bonds is 3. The summed E-state index contributed by atoms with van der Waals surface area (Å²) in [7, 11) is 3.27. The topological polar surface area (TPSA) is 60.0 Å². The standard InChI is InChI=1S/C14H10FIN6S/c1-17-13-11-3-2-4-21(11)20-12(19-13)10-7-22(23-16)14-9(10)5-8(15)6-18-14/h2-7H,1H3,(H,17,19,20). The largest absolute Gasteiger partial charge is 0.371 e. The van der Waals surface area contributed by atoms with E-state index in [2.05, 4.69) is 41.6 Å². The Morgan fingerprint density at radius 2 is 2.26 bits per heavy atom. The Morgan fingerprint density at radius 3 is 3.04 bits per heavy atom. The normalized spacial score (nSPS) is 11.4. The monoisotopic (exact) mass is 440 g/mol. The summed E-state index contributed by atoms with van der Waals surface area (Å²) in [6, 6.07) is 5.30. The van der Waals surface area contributed by atoms with E-state index in [4.69, 9.17) is 0 Å². The van der Waals surface area contributed by atoms with Crippen molar-refractivity contribution in [3.8, 4) is 11.4 Å². The molecule has 1 N–H and O–H groups in total. The molecule has 23 heavy (non-hydrogen) atoms. The van der Waals surface area contributed by atoms with Gasteiger partial charge in [-0.2, -0.15) is 0 Å². The molecule has 0 amide bonds. The molecule has 0 aromatic carbocycles. The average Bonchev–Trinajstić information content (AvgIpc) is 3.17. The van der Waals surface area contributed by atoms with Crippen LogP contribution in [0.2, 0.25) is 0 Å². The van der Waals surface area contributed by atoms with Crippen molar-refractivity contribution >= 4 is 52.7 Å². The fraction of sp³-hybridized carbons (Fsp3) is 0.0714. The molecule has 116 valence electrons. The predicted octanol–water partition coefficient (Wildman–Crippen LogP) is 3.77. The van der Waals surface area contributed by atoms with Crippen molar-refractivity contribution in [3.05, 3.63) is 42.6 Å². The fourth-order valence-electron chi connectivity index (χ4n) is 2.52. The van der Waals surface area contributed by atoms with E-state index in [9.17, 15) is 4.39 Å². The third-order valence-electron chi connectivity index (χ3n) is 3.52. The maximum absolute atomic E-state index is 13.7. The maximum atomic E-state index is 13.7. The van der Waals surface area contributed by atoms with Crippen LogP contribution >= 0.6 is 30.3 Å². The second kappa shape index (κ2) is 5.64. The second-order valence-corrected chi connectivity index (χ2v) is 6.55. The lowest BCUT2D eigenvalue weighted by Crippen LogP contribution is -2.02. The first-order chi connectivity index (χ1) is 11.2. The third-order valence-corrected chi connectivity index (χ3v) is 5.22. The van der Waals surface area contributed by atoms with E-state index in [1.165, 1.54) is 21.4 Å². The smallest absolute Gasteiger partial charge is 0.184 e. The molecule has 4 aromatic heterocycles. The maximum Gasteiger partial charge on any atom is 0.184 e. The molecule has 0 aliphatic heterocycles. The number of nitrogens with one attached hydrogen (secondary N) is 1. The molecule has 4 heterocycles. The molecule has 0 saturated carbocycles. The van der Waals surface area contributed by atoms with Gasteiger partial charge in [0.1, 0.15) is 11.3 Å². The first kappa shape index (κ1) is 14.7. The molecule has 0 spiro atoms. The molecule has 4 rings (SSSR count). The third kappa shape index (κ3) is 2.34. The van der Waals surface area contributed by atoms with Gasteiger partial charge < -0.3 is 5.32 Å². The van der Waals surface area contributed by atoms with Crippen molar-refractivity contribution in [2.45, 2.75) is 0 Å². The second-order valence-electron chi connectivity index (χ2n) is 4.83. The van der Waals surface area contributed by atoms with Crippen molar-refractivity contribution < 1.29 is 4.39 Å². The summed E-state index contributed by atoms with van der Waals surface area (Å²) in [5.74, 6) is 0.845. The van der Waals surface area contributed by atoms with Gasteiger partial charge in [0.15, 0.2) is 17.3 Å². The van der Waals surface area contributed by atoms with Crippen molar-refractivity contribution in [1.29, 1.82) is 0 Å². The molecule has 0 unspecified atom stereocenters. The zero-order valence-electron chi connectivity index (χ0n) is 11.9. The van der Waals surface area contributed by atoms with Crippen LogP contribution in [0.3, 0.4) is 0 Å². The molecule has 0 saturated heterocycles. The molecule has 0 atom stereocenters. The Labute approximate surface area is 146 Å². The molecule has 9 heteroatoms. The molecule has 0 aliphatic rings. The summed E-state index contributed by atoms with van der Waals surface area (Å²) in [6.45, 7) is 0. The summed E-state index contributed by atoms with van der Waals surface area (Å²) < 4.78 is 17.3. The van der Waals surface area contributed by atoms with E-state index in [0.717, 1.165) is 11.1 Å². The molecule has 0 fully saturated rings. The number of nitrogens with zero attached hydrogens (tertiary/aromatic N) is 5. The van der Waals surface area contributed by atoms with Crippen LogP contribution in [0.4, 0.5) is 10.2 Å². The highest BCUT2D eigenvalue weighted by Crippen LogP contribution is 2.33. The Morgan fingerprint density at radius 1 is 1.39 bits per heavy atom. The molecule has 0 bridgehead atoms. The molecule has 6 nitrogen and oxygen atoms in total. The van der Waals surface area contributed by atoms with E-state index in [0.29, 0.717) is 22.7 Å². The number of hydrogen-bond acceptors (Lipinski definition) is 5. The minimum absolute atomic E-state index is 0.383. The Balaban J connectivity index is 2.03. The molecule has 0 aliphatic carbocycles. The van der Waals surface area contributed by atoms with Crippen LogP contribution in [0.25, 0.3) is 27.9 Å². The van der Waals surface area contributed by atoms with Crippen molar-refractivity contribution in [2.24, 2.45) is 0 Å². The van der Waals surface area contributed by atoms with Gasteiger partial charge in [-0.1, -0.05) is 0 Å². The highest BCUT2D eigenvalue weighted by molar-refractivity contribution is 14.2. The van der Waals surface area contributed by atoms with E-state index >= 15 is 0 Å². The summed E-state index contributed by atoms with van der Waals surface area (Å²) in [6.07, 6.45) is 4.94. The molecular formula is C14H10FIN6S. The number of halogens is 2. The summed E-state index contributed by atoms with van der Waals surface area (Å²) in [4.78, 5) is 8.75. The first-order valence-electron chi connectivity index (χ1n) is 6.70. The summed E-state index contributed by atoms with van der Waals surface area (Å²) in [5, 5.41) is 8.29. The van der Waals surface area contributed by atoms with Crippen LogP contribution in [0.5, 0.6) is 0 Å². The van der Waals surface area contributed by atoms with Gasteiger partial charge in [0.05, 0.1) is 6.20 Å². The lowest BCUT2D eigenvalue weighted by molar-refractivity contribution is 0.624. The number of fused-ring (bicyclic) bond motifs is 2. The van der Waals surface area contributed by atoms with Crippen LogP contribution in [0, 0.1) is 5.82 Å². The van der Waals surface area contributed by atoms with Gasteiger partial charge in [-0.3, -0.25) is 3.97 Å². The van der Waals surface area contributed by atoms with E-state index < -0.39 is 0 Å². The van der Waals surface area contributed by atoms with Crippen molar-refractivity contribution in [1.82, 2.24) is 23.6 Å². The highest BCUT2D eigenvalue weighted by atomic mass is 127. The van der Waals surface area contributed by atoms with Crippen LogP contribution < -0.4 is 5.32 Å². The van der Waals surface area contributed by atoms with Gasteiger partial charge in [0.2, 0.25) is 0 Å². The minimum Gasteiger partial charge on any atom is -0.371 e. The lowest BCUT2D eigenvalue weighted by Gasteiger charge is -2.05. The minimum atomic E-state index is -0.383. The fourth-order valence-corrected chi connectivity index (χ4v) is 3.77. The van der Waals surface area contributed by atoms with Crippen LogP contribution in [-0.2, 0) is 0 Å². The van der Waals surface area contributed by atoms with Gasteiger partial charge in [0.25, 0.3) is 0 Å². The molecular weight excluding hydrogens is 430 g/mol. The van der Waals surface area contributed by atoms with Crippen LogP contribution in [0.15, 0.2) is 36.8 Å². The molecule has 0 radical (unpaired) electrons.